The lowest BCUT2D eigenvalue weighted by Crippen LogP contribution is -2.45. The molecule has 0 saturated heterocycles. The van der Waals surface area contributed by atoms with Crippen molar-refractivity contribution in [2.45, 2.75) is 85.6 Å². The molecule has 2 unspecified atom stereocenters. The van der Waals surface area contributed by atoms with Crippen LogP contribution >= 0.6 is 0 Å². The Labute approximate surface area is 184 Å². The standard InChI is InChI=1S/C29H39N/c1-9-21-15-25-24(16-22(21)11-10-18(2)3)23-12-13-29(7,8)28(23)30-17-26(19(4)5)20(6)14-27(25)30/h14-18,23,28H,4,6,9-13H2,1-3,5,7-8H3. The van der Waals surface area contributed by atoms with Crippen molar-refractivity contribution in [2.24, 2.45) is 11.3 Å². The van der Waals surface area contributed by atoms with Gasteiger partial charge in [0, 0.05) is 29.4 Å². The fourth-order valence-corrected chi connectivity index (χ4v) is 5.96. The van der Waals surface area contributed by atoms with Crippen molar-refractivity contribution in [3.8, 4) is 0 Å². The number of nitrogens with zero attached hydrogens (tertiary/aromatic N) is 1. The molecule has 1 aromatic rings. The lowest BCUT2D eigenvalue weighted by molar-refractivity contribution is 0.195. The predicted octanol–water partition coefficient (Wildman–Crippen LogP) is 7.80. The molecule has 4 rings (SSSR count). The summed E-state index contributed by atoms with van der Waals surface area (Å²) >= 11 is 0. The molecule has 0 amide bonds. The van der Waals surface area contributed by atoms with E-state index in [1.54, 1.807) is 11.1 Å². The summed E-state index contributed by atoms with van der Waals surface area (Å²) in [7, 11) is 0. The van der Waals surface area contributed by atoms with E-state index in [0.29, 0.717) is 17.4 Å². The molecule has 1 fully saturated rings. The average Bonchev–Trinajstić information content (AvgIpc) is 3.00. The Hall–Kier alpha value is -2.02. The molecule has 160 valence electrons. The molecule has 0 radical (unpaired) electrons. The molecule has 0 aromatic heterocycles. The summed E-state index contributed by atoms with van der Waals surface area (Å²) in [6.45, 7) is 22.6. The van der Waals surface area contributed by atoms with Gasteiger partial charge in [-0.25, -0.2) is 0 Å². The molecule has 1 aromatic carbocycles. The van der Waals surface area contributed by atoms with Gasteiger partial charge in [0.05, 0.1) is 0 Å². The first-order valence-corrected chi connectivity index (χ1v) is 11.9. The zero-order chi connectivity index (χ0) is 21.8. The zero-order valence-electron chi connectivity index (χ0n) is 19.9. The summed E-state index contributed by atoms with van der Waals surface area (Å²) in [5.74, 6) is 1.35. The maximum atomic E-state index is 4.38. The molecule has 1 heteroatoms. The van der Waals surface area contributed by atoms with Crippen molar-refractivity contribution in [2.75, 3.05) is 0 Å². The average molecular weight is 402 g/mol. The maximum absolute atomic E-state index is 4.38. The van der Waals surface area contributed by atoms with Gasteiger partial charge in [0.2, 0.25) is 0 Å². The number of hydrogen-bond acceptors (Lipinski definition) is 1. The smallest absolute Gasteiger partial charge is 0.0491 e. The van der Waals surface area contributed by atoms with Gasteiger partial charge in [-0.2, -0.15) is 0 Å². The molecule has 1 aliphatic carbocycles. The van der Waals surface area contributed by atoms with E-state index in [-0.39, 0.29) is 0 Å². The summed E-state index contributed by atoms with van der Waals surface area (Å²) in [5, 5.41) is 0. The fraction of sp³-hybridized carbons (Fsp3) is 0.517. The van der Waals surface area contributed by atoms with Crippen molar-refractivity contribution < 1.29 is 0 Å². The molecule has 1 saturated carbocycles. The number of aryl methyl sites for hydroxylation is 2. The van der Waals surface area contributed by atoms with E-state index in [9.17, 15) is 0 Å². The van der Waals surface area contributed by atoms with E-state index in [0.717, 1.165) is 23.5 Å². The third-order valence-corrected chi connectivity index (χ3v) is 7.66. The minimum absolute atomic E-state index is 0.290. The number of fused-ring (bicyclic) bond motifs is 6. The Morgan fingerprint density at radius 2 is 1.97 bits per heavy atom. The molecule has 1 nitrogen and oxygen atoms in total. The van der Waals surface area contributed by atoms with Crippen molar-refractivity contribution in [1.29, 1.82) is 0 Å². The lowest BCUT2D eigenvalue weighted by atomic mass is 9.74. The zero-order valence-corrected chi connectivity index (χ0v) is 19.9. The molecular formula is C29H39N. The Kier molecular flexibility index (Phi) is 5.37. The monoisotopic (exact) mass is 401 g/mol. The summed E-state index contributed by atoms with van der Waals surface area (Å²) in [6.07, 6.45) is 10.8. The second-order valence-corrected chi connectivity index (χ2v) is 10.9. The van der Waals surface area contributed by atoms with Crippen molar-refractivity contribution >= 4 is 5.70 Å². The van der Waals surface area contributed by atoms with Crippen LogP contribution in [0.2, 0.25) is 0 Å². The third-order valence-electron chi connectivity index (χ3n) is 7.66. The second kappa shape index (κ2) is 7.59. The van der Waals surface area contributed by atoms with Crippen LogP contribution in [0.3, 0.4) is 0 Å². The largest absolute Gasteiger partial charge is 0.343 e. The van der Waals surface area contributed by atoms with Gasteiger partial charge in [-0.1, -0.05) is 53.8 Å². The summed E-state index contributed by atoms with van der Waals surface area (Å²) in [5.41, 5.74) is 11.2. The van der Waals surface area contributed by atoms with Crippen LogP contribution in [0.5, 0.6) is 0 Å². The van der Waals surface area contributed by atoms with E-state index in [2.05, 4.69) is 84.0 Å². The number of rotatable bonds is 5. The molecule has 3 aliphatic rings. The van der Waals surface area contributed by atoms with E-state index < -0.39 is 0 Å². The van der Waals surface area contributed by atoms with Gasteiger partial charge in [-0.3, -0.25) is 0 Å². The first-order valence-electron chi connectivity index (χ1n) is 11.9. The highest BCUT2D eigenvalue weighted by molar-refractivity contribution is 5.78. The van der Waals surface area contributed by atoms with Crippen LogP contribution in [-0.2, 0) is 12.8 Å². The Morgan fingerprint density at radius 1 is 1.23 bits per heavy atom. The minimum atomic E-state index is 0.290. The summed E-state index contributed by atoms with van der Waals surface area (Å²) in [4.78, 5) is 2.59. The molecule has 30 heavy (non-hydrogen) atoms. The fourth-order valence-electron chi connectivity index (χ4n) is 5.96. The van der Waals surface area contributed by atoms with Gasteiger partial charge in [0.15, 0.2) is 0 Å². The number of hydrogen-bond donors (Lipinski definition) is 0. The SMILES string of the molecule is C=C(C)C1=CN2C(=CC1=C)c1cc(CC)c(CCC(C)C)cc1C1CCC(C)(C)C12. The molecule has 0 bridgehead atoms. The maximum Gasteiger partial charge on any atom is 0.0491 e. The minimum Gasteiger partial charge on any atom is -0.343 e. The second-order valence-electron chi connectivity index (χ2n) is 10.9. The Bertz CT molecular complexity index is 953. The van der Waals surface area contributed by atoms with Crippen molar-refractivity contribution in [3.63, 3.8) is 0 Å². The van der Waals surface area contributed by atoms with Crippen molar-refractivity contribution in [1.82, 2.24) is 4.90 Å². The molecule has 0 spiro atoms. The van der Waals surface area contributed by atoms with E-state index in [4.69, 9.17) is 0 Å². The summed E-state index contributed by atoms with van der Waals surface area (Å²) in [6, 6.07) is 5.61. The van der Waals surface area contributed by atoms with Crippen LogP contribution in [0, 0.1) is 11.3 Å². The van der Waals surface area contributed by atoms with Crippen LogP contribution in [0.15, 0.2) is 54.3 Å². The Morgan fingerprint density at radius 3 is 2.60 bits per heavy atom. The highest BCUT2D eigenvalue weighted by Gasteiger charge is 2.50. The highest BCUT2D eigenvalue weighted by Crippen LogP contribution is 2.56. The quantitative estimate of drug-likeness (QED) is 0.486. The number of allylic oxidation sites excluding steroid dienone is 4. The molecule has 2 atom stereocenters. The Balaban J connectivity index is 1.89. The molecule has 2 aliphatic heterocycles. The van der Waals surface area contributed by atoms with Crippen molar-refractivity contribution in [3.05, 3.63) is 76.5 Å². The summed E-state index contributed by atoms with van der Waals surface area (Å²) < 4.78 is 0. The van der Waals surface area contributed by atoms with Crippen LogP contribution in [0.1, 0.15) is 89.0 Å². The first-order chi connectivity index (χ1) is 14.1. The van der Waals surface area contributed by atoms with Gasteiger partial charge in [0.1, 0.15) is 0 Å². The topological polar surface area (TPSA) is 3.24 Å². The van der Waals surface area contributed by atoms with E-state index >= 15 is 0 Å². The molecular weight excluding hydrogens is 362 g/mol. The van der Waals surface area contributed by atoms with Gasteiger partial charge in [-0.05, 0) is 95.9 Å². The first kappa shape index (κ1) is 21.2. The van der Waals surface area contributed by atoms with Gasteiger partial charge >= 0.3 is 0 Å². The van der Waals surface area contributed by atoms with Gasteiger partial charge in [0.25, 0.3) is 0 Å². The van der Waals surface area contributed by atoms with E-state index in [1.165, 1.54) is 48.1 Å². The molecule has 2 heterocycles. The van der Waals surface area contributed by atoms with Crippen LogP contribution in [0.4, 0.5) is 0 Å². The van der Waals surface area contributed by atoms with Crippen LogP contribution in [-0.4, -0.2) is 10.9 Å². The van der Waals surface area contributed by atoms with Crippen LogP contribution in [0.25, 0.3) is 5.70 Å². The van der Waals surface area contributed by atoms with E-state index in [1.807, 2.05) is 0 Å². The molecule has 0 N–H and O–H groups in total. The number of benzene rings is 1. The highest BCUT2D eigenvalue weighted by atomic mass is 15.2. The lowest BCUT2D eigenvalue weighted by Gasteiger charge is -2.48. The van der Waals surface area contributed by atoms with Crippen LogP contribution < -0.4 is 0 Å². The van der Waals surface area contributed by atoms with Gasteiger partial charge in [-0.15, -0.1) is 0 Å². The normalized spacial score (nSPS) is 24.2. The van der Waals surface area contributed by atoms with Gasteiger partial charge < -0.3 is 4.90 Å². The predicted molar refractivity (Wildman–Crippen MR) is 130 cm³/mol. The third kappa shape index (κ3) is 3.41.